The molecule has 148 valence electrons. The number of hydrogen-bond donors (Lipinski definition) is 1. The van der Waals surface area contributed by atoms with E-state index in [4.69, 9.17) is 4.74 Å². The number of nitrogens with one attached hydrogen (secondary N) is 1. The number of hydrogen-bond acceptors (Lipinski definition) is 8. The first-order valence-electron chi connectivity index (χ1n) is 8.30. The summed E-state index contributed by atoms with van der Waals surface area (Å²) in [5, 5.41) is 10.9. The van der Waals surface area contributed by atoms with E-state index in [0.717, 1.165) is 27.1 Å². The van der Waals surface area contributed by atoms with E-state index < -0.39 is 15.9 Å². The lowest BCUT2D eigenvalue weighted by atomic mass is 10.3. The third-order valence-corrected chi connectivity index (χ3v) is 6.51. The molecule has 1 heterocycles. The normalized spacial score (nSPS) is 11.2. The van der Waals surface area contributed by atoms with Crippen LogP contribution in [0.25, 0.3) is 0 Å². The lowest BCUT2D eigenvalue weighted by Crippen LogP contribution is -2.37. The van der Waals surface area contributed by atoms with Gasteiger partial charge in [0, 0.05) is 11.8 Å². The van der Waals surface area contributed by atoms with Gasteiger partial charge in [0.05, 0.1) is 18.6 Å². The van der Waals surface area contributed by atoms with Crippen LogP contribution in [0, 0.1) is 0 Å². The highest BCUT2D eigenvalue weighted by atomic mass is 32.2. The van der Waals surface area contributed by atoms with E-state index in [2.05, 4.69) is 22.4 Å². The van der Waals surface area contributed by atoms with E-state index in [1.165, 1.54) is 11.3 Å². The Kier molecular flexibility index (Phi) is 7.87. The minimum Gasteiger partial charge on any atom is -0.494 e. The van der Waals surface area contributed by atoms with Gasteiger partial charge >= 0.3 is 0 Å². The van der Waals surface area contributed by atoms with Gasteiger partial charge in [0.25, 0.3) is 0 Å². The molecule has 0 aliphatic carbocycles. The number of sulfonamides is 1. The topological polar surface area (TPSA) is 101 Å². The Morgan fingerprint density at radius 3 is 2.78 bits per heavy atom. The summed E-state index contributed by atoms with van der Waals surface area (Å²) in [6.45, 7) is 3.99. The summed E-state index contributed by atoms with van der Waals surface area (Å²) in [5.41, 5.74) is 0.357. The van der Waals surface area contributed by atoms with Crippen LogP contribution >= 0.6 is 23.1 Å². The molecule has 1 aromatic carbocycles. The molecule has 1 aromatic heterocycles. The van der Waals surface area contributed by atoms with Crippen molar-refractivity contribution in [3.63, 3.8) is 0 Å². The second-order valence-electron chi connectivity index (χ2n) is 5.47. The summed E-state index contributed by atoms with van der Waals surface area (Å²) < 4.78 is 31.6. The number of aromatic nitrogens is 2. The molecule has 0 bridgehead atoms. The average molecular weight is 431 g/mol. The lowest BCUT2D eigenvalue weighted by molar-refractivity contribution is -0.114. The fourth-order valence-electron chi connectivity index (χ4n) is 2.09. The maximum Gasteiger partial charge on any atom is 0.246 e. The van der Waals surface area contributed by atoms with Crippen LogP contribution in [0.15, 0.2) is 28.6 Å². The van der Waals surface area contributed by atoms with Crippen molar-refractivity contribution in [3.8, 4) is 5.75 Å². The van der Waals surface area contributed by atoms with Crippen molar-refractivity contribution in [2.24, 2.45) is 0 Å². The predicted molar refractivity (Wildman–Crippen MR) is 109 cm³/mol. The van der Waals surface area contributed by atoms with Crippen molar-refractivity contribution in [3.05, 3.63) is 24.3 Å². The van der Waals surface area contributed by atoms with Crippen LogP contribution in [0.2, 0.25) is 0 Å². The molecule has 0 saturated carbocycles. The molecule has 0 aliphatic heterocycles. The highest BCUT2D eigenvalue weighted by Crippen LogP contribution is 2.26. The molecule has 0 atom stereocenters. The van der Waals surface area contributed by atoms with Crippen LogP contribution in [0.1, 0.15) is 20.3 Å². The van der Waals surface area contributed by atoms with Gasteiger partial charge in [-0.05, 0) is 25.5 Å². The van der Waals surface area contributed by atoms with Crippen molar-refractivity contribution >= 4 is 49.8 Å². The van der Waals surface area contributed by atoms with Crippen LogP contribution in [-0.2, 0) is 14.8 Å². The molecule has 0 spiro atoms. The van der Waals surface area contributed by atoms with Crippen molar-refractivity contribution in [1.82, 2.24) is 10.2 Å². The first kappa shape index (κ1) is 21.5. The smallest absolute Gasteiger partial charge is 0.246 e. The van der Waals surface area contributed by atoms with Gasteiger partial charge in [-0.2, -0.15) is 0 Å². The Labute approximate surface area is 167 Å². The minimum absolute atomic E-state index is 0.343. The van der Waals surface area contributed by atoms with Crippen LogP contribution < -0.4 is 14.4 Å². The molecule has 0 radical (unpaired) electrons. The molecule has 1 N–H and O–H groups in total. The Morgan fingerprint density at radius 2 is 2.11 bits per heavy atom. The van der Waals surface area contributed by atoms with Crippen LogP contribution in [0.5, 0.6) is 5.75 Å². The minimum atomic E-state index is -3.66. The van der Waals surface area contributed by atoms with Crippen molar-refractivity contribution in [2.75, 3.05) is 34.8 Å². The third-order valence-electron chi connectivity index (χ3n) is 3.19. The quantitative estimate of drug-likeness (QED) is 0.457. The van der Waals surface area contributed by atoms with E-state index in [0.29, 0.717) is 23.2 Å². The maximum atomic E-state index is 12.4. The Bertz CT molecular complexity index is 870. The molecule has 2 aromatic rings. The van der Waals surface area contributed by atoms with Crippen LogP contribution in [0.3, 0.4) is 0 Å². The molecule has 27 heavy (non-hydrogen) atoms. The van der Waals surface area contributed by atoms with Gasteiger partial charge in [0.15, 0.2) is 4.34 Å². The van der Waals surface area contributed by atoms with Crippen molar-refractivity contribution in [2.45, 2.75) is 24.6 Å². The second kappa shape index (κ2) is 9.90. The summed E-state index contributed by atoms with van der Waals surface area (Å²) in [6, 6.07) is 6.60. The van der Waals surface area contributed by atoms with Crippen LogP contribution in [-0.4, -0.2) is 49.7 Å². The molecule has 0 saturated heterocycles. The molecular weight excluding hydrogens is 408 g/mol. The molecule has 11 heteroatoms. The van der Waals surface area contributed by atoms with Gasteiger partial charge in [-0.25, -0.2) is 8.42 Å². The van der Waals surface area contributed by atoms with Gasteiger partial charge in [-0.3, -0.25) is 14.4 Å². The monoisotopic (exact) mass is 430 g/mol. The molecule has 0 unspecified atom stereocenters. The van der Waals surface area contributed by atoms with Crippen molar-refractivity contribution < 1.29 is 17.9 Å². The SMILES string of the molecule is CCCSc1nnc(NC(=O)CN(c2cccc(OCC)c2)S(C)(=O)=O)s1. The number of amides is 1. The number of anilines is 2. The molecular formula is C16H22N4O4S3. The first-order chi connectivity index (χ1) is 12.8. The number of ether oxygens (including phenoxy) is 1. The molecule has 1 amide bonds. The Balaban J connectivity index is 2.11. The third kappa shape index (κ3) is 6.67. The summed E-state index contributed by atoms with van der Waals surface area (Å²) in [5.74, 6) is 0.955. The molecule has 0 aliphatic rings. The van der Waals surface area contributed by atoms with E-state index in [-0.39, 0.29) is 6.54 Å². The lowest BCUT2D eigenvalue weighted by Gasteiger charge is -2.22. The first-order valence-corrected chi connectivity index (χ1v) is 11.9. The van der Waals surface area contributed by atoms with Gasteiger partial charge in [-0.15, -0.1) is 10.2 Å². The molecule has 8 nitrogen and oxygen atoms in total. The van der Waals surface area contributed by atoms with Gasteiger partial charge < -0.3 is 4.74 Å². The Hall–Kier alpha value is -1.85. The molecule has 2 rings (SSSR count). The standard InChI is InChI=1S/C16H22N4O4S3/c1-4-9-25-16-19-18-15(26-16)17-14(21)11-20(27(3,22)23)12-7-6-8-13(10-12)24-5-2/h6-8,10H,4-5,9,11H2,1-3H3,(H,17,18,21). The largest absolute Gasteiger partial charge is 0.494 e. The second-order valence-corrected chi connectivity index (χ2v) is 9.70. The number of nitrogens with zero attached hydrogens (tertiary/aromatic N) is 3. The number of thioether (sulfide) groups is 1. The fourth-order valence-corrected chi connectivity index (χ4v) is 4.63. The number of carbonyl (C=O) groups excluding carboxylic acids is 1. The van der Waals surface area contributed by atoms with E-state index in [1.54, 1.807) is 36.0 Å². The summed E-state index contributed by atoms with van der Waals surface area (Å²) >= 11 is 2.82. The fraction of sp³-hybridized carbons (Fsp3) is 0.438. The van der Waals surface area contributed by atoms with Gasteiger partial charge in [0.1, 0.15) is 12.3 Å². The Morgan fingerprint density at radius 1 is 1.33 bits per heavy atom. The predicted octanol–water partition coefficient (Wildman–Crippen LogP) is 2.84. The van der Waals surface area contributed by atoms with E-state index >= 15 is 0 Å². The number of carbonyl (C=O) groups is 1. The summed E-state index contributed by atoms with van der Waals surface area (Å²) in [7, 11) is -3.66. The van der Waals surface area contributed by atoms with Crippen LogP contribution in [0.4, 0.5) is 10.8 Å². The van der Waals surface area contributed by atoms with Crippen molar-refractivity contribution in [1.29, 1.82) is 0 Å². The average Bonchev–Trinajstić information content (AvgIpc) is 3.04. The van der Waals surface area contributed by atoms with Gasteiger partial charge in [-0.1, -0.05) is 36.1 Å². The van der Waals surface area contributed by atoms with E-state index in [9.17, 15) is 13.2 Å². The zero-order valence-corrected chi connectivity index (χ0v) is 17.8. The highest BCUT2D eigenvalue weighted by molar-refractivity contribution is 8.01. The number of benzene rings is 1. The highest BCUT2D eigenvalue weighted by Gasteiger charge is 2.22. The zero-order chi connectivity index (χ0) is 19.9. The maximum absolute atomic E-state index is 12.4. The molecule has 0 fully saturated rings. The van der Waals surface area contributed by atoms with E-state index in [1.807, 2.05) is 6.92 Å². The summed E-state index contributed by atoms with van der Waals surface area (Å²) in [4.78, 5) is 12.4. The van der Waals surface area contributed by atoms with Gasteiger partial charge in [0.2, 0.25) is 21.1 Å². The summed E-state index contributed by atoms with van der Waals surface area (Å²) in [6.07, 6.45) is 2.06. The number of rotatable bonds is 10. The zero-order valence-electron chi connectivity index (χ0n) is 15.3.